The van der Waals surface area contributed by atoms with Crippen LogP contribution < -0.4 is 20.7 Å². The first-order valence-electron chi connectivity index (χ1n) is 16.3. The third-order valence-electron chi connectivity index (χ3n) is 7.12. The number of nitriles is 2. The number of benzene rings is 3. The van der Waals surface area contributed by atoms with Crippen LogP contribution in [0, 0.1) is 34.5 Å². The minimum atomic E-state index is -6.00. The largest absolute Gasteiger partial charge is 2.00 e. The molecule has 2 aliphatic heterocycles. The van der Waals surface area contributed by atoms with E-state index in [2.05, 4.69) is 88.4 Å². The van der Waals surface area contributed by atoms with Crippen molar-refractivity contribution in [1.82, 2.24) is 0 Å². The molecule has 295 valence electrons. The van der Waals surface area contributed by atoms with Crippen molar-refractivity contribution in [3.05, 3.63) is 83.9 Å². The SMILES string of the molecule is CC#N.CC#N.COc1ccc([PH+](c2ccccc2C2=N[C@@H](C(C)C)CO2)c2ccccc2C2=N[C@@H](C(C)C)CO2)cc1.F[B-](F)(F)F.F[B-](F)(F)F.[Co+2]. The molecule has 0 amide bonds. The molecule has 3 aromatic rings. The maximum atomic E-state index is 9.75. The monoisotopic (exact) mass is 830 g/mol. The van der Waals surface area contributed by atoms with Gasteiger partial charge in [0.05, 0.1) is 42.5 Å². The molecule has 0 saturated carbocycles. The van der Waals surface area contributed by atoms with Crippen LogP contribution in [0.25, 0.3) is 0 Å². The molecule has 0 spiro atoms. The molecule has 7 nitrogen and oxygen atoms in total. The average Bonchev–Trinajstić information content (AvgIpc) is 3.77. The molecule has 54 heavy (non-hydrogen) atoms. The number of methoxy groups -OCH3 is 1. The maximum absolute atomic E-state index is 9.75. The molecule has 5 rings (SSSR count). The Labute approximate surface area is 323 Å². The van der Waals surface area contributed by atoms with Crippen molar-refractivity contribution < 1.29 is 65.5 Å². The number of halogens is 8. The Morgan fingerprint density at radius 2 is 0.981 bits per heavy atom. The van der Waals surface area contributed by atoms with Crippen LogP contribution in [0.3, 0.4) is 0 Å². The summed E-state index contributed by atoms with van der Waals surface area (Å²) >= 11 is 0. The normalized spacial score (nSPS) is 15.6. The topological polar surface area (TPSA) is 100.0 Å². The second kappa shape index (κ2) is 24.3. The van der Waals surface area contributed by atoms with E-state index in [-0.39, 0.29) is 28.9 Å². The Hall–Kier alpha value is -4.11. The summed E-state index contributed by atoms with van der Waals surface area (Å²) in [7, 11) is -11.8. The van der Waals surface area contributed by atoms with Gasteiger partial charge in [0.2, 0.25) is 11.8 Å². The first-order valence-corrected chi connectivity index (χ1v) is 17.8. The minimum Gasteiger partial charge on any atom is -0.497 e. The van der Waals surface area contributed by atoms with E-state index in [1.165, 1.54) is 29.8 Å². The number of rotatable bonds is 8. The van der Waals surface area contributed by atoms with Crippen LogP contribution in [0.2, 0.25) is 0 Å². The Balaban J connectivity index is 0.00000141. The Morgan fingerprint density at radius 1 is 0.667 bits per heavy atom. The van der Waals surface area contributed by atoms with Crippen molar-refractivity contribution in [1.29, 1.82) is 10.5 Å². The second-order valence-electron chi connectivity index (χ2n) is 11.7. The molecule has 0 N–H and O–H groups in total. The van der Waals surface area contributed by atoms with Gasteiger partial charge in [0, 0.05) is 13.8 Å². The van der Waals surface area contributed by atoms with Crippen molar-refractivity contribution in [3.8, 4) is 17.9 Å². The predicted octanol–water partition coefficient (Wildman–Crippen LogP) is 8.45. The average molecular weight is 830 g/mol. The predicted molar refractivity (Wildman–Crippen MR) is 198 cm³/mol. The van der Waals surface area contributed by atoms with Gasteiger partial charge < -0.3 is 48.7 Å². The van der Waals surface area contributed by atoms with E-state index in [0.29, 0.717) is 25.0 Å². The van der Waals surface area contributed by atoms with E-state index >= 15 is 0 Å². The fourth-order valence-electron chi connectivity index (χ4n) is 4.75. The fourth-order valence-corrected chi connectivity index (χ4v) is 7.60. The summed E-state index contributed by atoms with van der Waals surface area (Å²) in [5, 5.41) is 18.4. The van der Waals surface area contributed by atoms with E-state index in [1.807, 2.05) is 12.1 Å². The standard InChI is InChI=1S/C31H35N2O3P.2C2H3N.2BF4.Co/c1-20(2)26-18-35-30(32-26)24-10-6-8-12-28(24)37(23-16-14-22(34-5)15-17-23)29-13-9-7-11-25(29)31-33-27(19-36-31)21(3)4;2*1-2-3;2*2-1(3,4)5;/h6-17,20-21,26-27H,18-19H2,1-5H3;2*1H3;;;/q;;;2*-1;+2/p+1/t26-,27-;;;;;/m1...../s1. The van der Waals surface area contributed by atoms with Gasteiger partial charge >= 0.3 is 31.3 Å². The smallest absolute Gasteiger partial charge is 0.497 e. The van der Waals surface area contributed by atoms with Gasteiger partial charge in [-0.3, -0.25) is 0 Å². The molecular weight excluding hydrogens is 788 g/mol. The van der Waals surface area contributed by atoms with Gasteiger partial charge in [-0.1, -0.05) is 52.0 Å². The summed E-state index contributed by atoms with van der Waals surface area (Å²) in [5.74, 6) is 3.21. The van der Waals surface area contributed by atoms with Crippen molar-refractivity contribution in [3.63, 3.8) is 0 Å². The van der Waals surface area contributed by atoms with Crippen LogP contribution in [0.1, 0.15) is 52.7 Å². The molecule has 0 aliphatic carbocycles. The van der Waals surface area contributed by atoms with Crippen LogP contribution in [-0.4, -0.2) is 58.7 Å². The van der Waals surface area contributed by atoms with Gasteiger partial charge in [-0.25, -0.2) is 9.98 Å². The molecule has 3 aromatic carbocycles. The number of hydrogen-bond acceptors (Lipinski definition) is 7. The van der Waals surface area contributed by atoms with Crippen molar-refractivity contribution >= 4 is 50.1 Å². The Kier molecular flexibility index (Phi) is 22.5. The summed E-state index contributed by atoms with van der Waals surface area (Å²) in [4.78, 5) is 9.97. The van der Waals surface area contributed by atoms with Crippen molar-refractivity contribution in [2.75, 3.05) is 20.3 Å². The first kappa shape index (κ1) is 49.9. The molecule has 0 unspecified atom stereocenters. The zero-order chi connectivity index (χ0) is 40.4. The molecule has 1 radical (unpaired) electrons. The summed E-state index contributed by atoms with van der Waals surface area (Å²) < 4.78 is 95.8. The summed E-state index contributed by atoms with van der Waals surface area (Å²) in [6, 6.07) is 29.4. The summed E-state index contributed by atoms with van der Waals surface area (Å²) in [5.41, 5.74) is 2.14. The molecule has 2 atom stereocenters. The van der Waals surface area contributed by atoms with Crippen LogP contribution in [0.5, 0.6) is 5.75 Å². The Morgan fingerprint density at radius 3 is 1.26 bits per heavy atom. The zero-order valence-electron chi connectivity index (χ0n) is 30.7. The van der Waals surface area contributed by atoms with E-state index in [0.717, 1.165) is 28.7 Å². The van der Waals surface area contributed by atoms with E-state index < -0.39 is 22.4 Å². The number of aliphatic imine (C=N–C) groups is 2. The van der Waals surface area contributed by atoms with Gasteiger partial charge in [0.15, 0.2) is 0 Å². The molecule has 19 heteroatoms. The van der Waals surface area contributed by atoms with Gasteiger partial charge in [-0.05, 0) is 60.4 Å². The summed E-state index contributed by atoms with van der Waals surface area (Å²) in [6.45, 7) is 12.9. The zero-order valence-corrected chi connectivity index (χ0v) is 32.7. The van der Waals surface area contributed by atoms with E-state index in [1.54, 1.807) is 19.2 Å². The second-order valence-corrected chi connectivity index (χ2v) is 14.1. The van der Waals surface area contributed by atoms with Crippen LogP contribution >= 0.6 is 7.92 Å². The van der Waals surface area contributed by atoms with Crippen LogP contribution in [-0.2, 0) is 26.3 Å². The number of hydrogen-bond donors (Lipinski definition) is 0. The quantitative estimate of drug-likeness (QED) is 0.129. The number of ether oxygens (including phenoxy) is 3. The van der Waals surface area contributed by atoms with E-state index in [4.69, 9.17) is 34.7 Å². The van der Waals surface area contributed by atoms with Gasteiger partial charge in [0.25, 0.3) is 0 Å². The van der Waals surface area contributed by atoms with Crippen molar-refractivity contribution in [2.24, 2.45) is 21.8 Å². The molecule has 0 fully saturated rings. The Bertz CT molecular complexity index is 1600. The van der Waals surface area contributed by atoms with Gasteiger partial charge in [-0.15, -0.1) is 0 Å². The molecule has 0 aromatic heterocycles. The third kappa shape index (κ3) is 18.3. The van der Waals surface area contributed by atoms with Crippen LogP contribution in [0.4, 0.5) is 34.5 Å². The minimum absolute atomic E-state index is 0. The maximum Gasteiger partial charge on any atom is 2.00 e. The summed E-state index contributed by atoms with van der Waals surface area (Å²) in [6.07, 6.45) is 0. The molecule has 2 heterocycles. The molecular formula is C35H42B2CoF8N4O3P+. The van der Waals surface area contributed by atoms with E-state index in [9.17, 15) is 34.5 Å². The third-order valence-corrected chi connectivity index (χ3v) is 9.98. The molecule has 0 saturated heterocycles. The molecule has 0 bridgehead atoms. The first-order chi connectivity index (χ1) is 24.8. The molecule has 2 aliphatic rings. The fraction of sp³-hybridized carbons (Fsp3) is 0.371. The number of nitrogens with zero attached hydrogens (tertiary/aromatic N) is 4. The van der Waals surface area contributed by atoms with Crippen LogP contribution in [0.15, 0.2) is 82.8 Å². The van der Waals surface area contributed by atoms with Gasteiger partial charge in [-0.2, -0.15) is 10.5 Å². The van der Waals surface area contributed by atoms with Crippen molar-refractivity contribution in [2.45, 2.75) is 53.6 Å². The van der Waals surface area contributed by atoms with Gasteiger partial charge in [0.1, 0.15) is 42.8 Å².